The summed E-state index contributed by atoms with van der Waals surface area (Å²) in [4.78, 5) is 21.4. The minimum absolute atomic E-state index is 0.00514. The second-order valence-electron chi connectivity index (χ2n) is 4.94. The molecule has 112 valence electrons. The second-order valence-corrected chi connectivity index (χ2v) is 4.94. The van der Waals surface area contributed by atoms with Crippen LogP contribution >= 0.6 is 0 Å². The van der Waals surface area contributed by atoms with Gasteiger partial charge in [0.05, 0.1) is 11.3 Å². The van der Waals surface area contributed by atoms with Crippen LogP contribution in [-0.4, -0.2) is 28.2 Å². The van der Waals surface area contributed by atoms with Crippen LogP contribution in [0.15, 0.2) is 41.0 Å². The molecule has 0 spiro atoms. The third-order valence-corrected chi connectivity index (χ3v) is 3.54. The number of hydrogen-bond donors (Lipinski definition) is 1. The topological polar surface area (TPSA) is 71.8 Å². The van der Waals surface area contributed by atoms with Crippen molar-refractivity contribution in [3.05, 3.63) is 41.4 Å². The highest BCUT2D eigenvalue weighted by atomic mass is 16.6. The molecule has 0 aromatic carbocycles. The molecule has 0 radical (unpaired) electrons. The molecule has 21 heavy (non-hydrogen) atoms. The van der Waals surface area contributed by atoms with Crippen LogP contribution in [0.1, 0.15) is 44.6 Å². The largest absolute Gasteiger partial charge is 0.511 e. The van der Waals surface area contributed by atoms with Crippen LogP contribution in [0.2, 0.25) is 0 Å². The zero-order chi connectivity index (χ0) is 15.2. The number of Topliss-reactive ketones (excluding diaryl/α,β-unsaturated/α-hetero) is 1. The summed E-state index contributed by atoms with van der Waals surface area (Å²) in [5.41, 5.74) is 1.87. The Hall–Kier alpha value is -2.17. The van der Waals surface area contributed by atoms with Crippen molar-refractivity contribution in [3.63, 3.8) is 0 Å². The average molecular weight is 288 g/mol. The van der Waals surface area contributed by atoms with Crippen molar-refractivity contribution in [2.45, 2.75) is 39.0 Å². The smallest absolute Gasteiger partial charge is 0.168 e. The fourth-order valence-corrected chi connectivity index (χ4v) is 2.52. The first-order valence-electron chi connectivity index (χ1n) is 7.21. The SMILES string of the molecule is CCON=C(CC)C1=C(O)CC(c2ccncc2)CC1=O. The Morgan fingerprint density at radius 1 is 1.38 bits per heavy atom. The van der Waals surface area contributed by atoms with Crippen LogP contribution in [0.4, 0.5) is 0 Å². The molecule has 5 nitrogen and oxygen atoms in total. The molecule has 1 aromatic heterocycles. The summed E-state index contributed by atoms with van der Waals surface area (Å²) < 4.78 is 0. The molecular formula is C16H20N2O3. The molecule has 1 aromatic rings. The Morgan fingerprint density at radius 3 is 2.67 bits per heavy atom. The number of pyridine rings is 1. The van der Waals surface area contributed by atoms with Gasteiger partial charge in [0, 0.05) is 25.2 Å². The third-order valence-electron chi connectivity index (χ3n) is 3.54. The van der Waals surface area contributed by atoms with Crippen molar-refractivity contribution >= 4 is 11.5 Å². The van der Waals surface area contributed by atoms with Gasteiger partial charge >= 0.3 is 0 Å². The molecule has 0 fully saturated rings. The molecule has 0 aliphatic heterocycles. The van der Waals surface area contributed by atoms with E-state index in [0.717, 1.165) is 5.56 Å². The summed E-state index contributed by atoms with van der Waals surface area (Å²) in [6.07, 6.45) is 4.75. The van der Waals surface area contributed by atoms with E-state index >= 15 is 0 Å². The van der Waals surface area contributed by atoms with Crippen molar-refractivity contribution in [1.29, 1.82) is 0 Å². The number of oxime groups is 1. The lowest BCUT2D eigenvalue weighted by molar-refractivity contribution is -0.116. The fourth-order valence-electron chi connectivity index (χ4n) is 2.52. The van der Waals surface area contributed by atoms with Crippen LogP contribution < -0.4 is 0 Å². The van der Waals surface area contributed by atoms with Crippen LogP contribution in [-0.2, 0) is 9.63 Å². The summed E-state index contributed by atoms with van der Waals surface area (Å²) >= 11 is 0. The quantitative estimate of drug-likeness (QED) is 0.667. The average Bonchev–Trinajstić information content (AvgIpc) is 2.50. The maximum absolute atomic E-state index is 12.4. The van der Waals surface area contributed by atoms with E-state index in [-0.39, 0.29) is 17.5 Å². The van der Waals surface area contributed by atoms with Crippen LogP contribution in [0.3, 0.4) is 0 Å². The molecule has 0 saturated heterocycles. The van der Waals surface area contributed by atoms with Gasteiger partial charge in [0.25, 0.3) is 0 Å². The number of rotatable bonds is 5. The van der Waals surface area contributed by atoms with Crippen molar-refractivity contribution in [1.82, 2.24) is 4.98 Å². The number of carbonyl (C=O) groups is 1. The van der Waals surface area contributed by atoms with Gasteiger partial charge in [-0.05, 0) is 37.0 Å². The number of nitrogens with zero attached hydrogens (tertiary/aromatic N) is 2. The molecule has 0 saturated carbocycles. The van der Waals surface area contributed by atoms with E-state index in [1.54, 1.807) is 12.4 Å². The first-order chi connectivity index (χ1) is 10.2. The molecule has 1 atom stereocenters. The zero-order valence-electron chi connectivity index (χ0n) is 12.4. The van der Waals surface area contributed by atoms with Gasteiger partial charge in [-0.1, -0.05) is 12.1 Å². The maximum atomic E-state index is 12.4. The summed E-state index contributed by atoms with van der Waals surface area (Å²) in [5, 5.41) is 14.2. The first kappa shape index (κ1) is 15.2. The van der Waals surface area contributed by atoms with Gasteiger partial charge in [-0.3, -0.25) is 9.78 Å². The number of aliphatic hydroxyl groups is 1. The van der Waals surface area contributed by atoms with E-state index < -0.39 is 0 Å². The predicted molar refractivity (Wildman–Crippen MR) is 80.2 cm³/mol. The number of hydrogen-bond acceptors (Lipinski definition) is 5. The standard InChI is InChI=1S/C16H20N2O3/c1-3-13(18-21-4-2)16-14(19)9-12(10-15(16)20)11-5-7-17-8-6-11/h5-8,12,19H,3-4,9-10H2,1-2H3. The van der Waals surface area contributed by atoms with Crippen LogP contribution in [0.25, 0.3) is 0 Å². The first-order valence-corrected chi connectivity index (χ1v) is 7.21. The molecular weight excluding hydrogens is 268 g/mol. The Morgan fingerprint density at radius 2 is 2.10 bits per heavy atom. The highest BCUT2D eigenvalue weighted by molar-refractivity contribution is 6.23. The minimum Gasteiger partial charge on any atom is -0.511 e. The van der Waals surface area contributed by atoms with Gasteiger partial charge in [-0.2, -0.15) is 0 Å². The summed E-state index contributed by atoms with van der Waals surface area (Å²) in [7, 11) is 0. The van der Waals surface area contributed by atoms with Gasteiger partial charge in [-0.25, -0.2) is 0 Å². The van der Waals surface area contributed by atoms with Crippen LogP contribution in [0.5, 0.6) is 0 Å². The summed E-state index contributed by atoms with van der Waals surface area (Å²) in [6, 6.07) is 3.76. The molecule has 1 aliphatic rings. The molecule has 0 bridgehead atoms. The van der Waals surface area contributed by atoms with Crippen LogP contribution in [0, 0.1) is 0 Å². The predicted octanol–water partition coefficient (Wildman–Crippen LogP) is 3.14. The Kier molecular flexibility index (Phi) is 5.09. The zero-order valence-corrected chi connectivity index (χ0v) is 12.4. The van der Waals surface area contributed by atoms with Crippen molar-refractivity contribution < 1.29 is 14.7 Å². The number of carbonyl (C=O) groups excluding carboxylic acids is 1. The number of aliphatic hydroxyl groups excluding tert-OH is 1. The molecule has 5 heteroatoms. The molecule has 1 aliphatic carbocycles. The summed E-state index contributed by atoms with van der Waals surface area (Å²) in [5.74, 6) is 0.0173. The van der Waals surface area contributed by atoms with Gasteiger partial charge in [0.15, 0.2) is 5.78 Å². The van der Waals surface area contributed by atoms with Gasteiger partial charge in [-0.15, -0.1) is 0 Å². The number of allylic oxidation sites excluding steroid dienone is 2. The lowest BCUT2D eigenvalue weighted by atomic mass is 9.81. The molecule has 1 N–H and O–H groups in total. The monoisotopic (exact) mass is 288 g/mol. The fraction of sp³-hybridized carbons (Fsp3) is 0.438. The van der Waals surface area contributed by atoms with E-state index in [1.165, 1.54) is 0 Å². The molecule has 1 heterocycles. The van der Waals surface area contributed by atoms with Gasteiger partial charge < -0.3 is 9.94 Å². The van der Waals surface area contributed by atoms with E-state index in [4.69, 9.17) is 4.84 Å². The maximum Gasteiger partial charge on any atom is 0.168 e. The molecule has 1 unspecified atom stereocenters. The van der Waals surface area contributed by atoms with E-state index in [9.17, 15) is 9.90 Å². The van der Waals surface area contributed by atoms with Crippen molar-refractivity contribution in [3.8, 4) is 0 Å². The lowest BCUT2D eigenvalue weighted by Gasteiger charge is -2.24. The third kappa shape index (κ3) is 3.48. The highest BCUT2D eigenvalue weighted by Crippen LogP contribution is 2.34. The number of aromatic nitrogens is 1. The van der Waals surface area contributed by atoms with Gasteiger partial charge in [0.1, 0.15) is 12.4 Å². The van der Waals surface area contributed by atoms with Crippen molar-refractivity contribution in [2.75, 3.05) is 6.61 Å². The normalized spacial score (nSPS) is 19.8. The Balaban J connectivity index is 2.27. The van der Waals surface area contributed by atoms with E-state index in [1.807, 2.05) is 26.0 Å². The van der Waals surface area contributed by atoms with Gasteiger partial charge in [0.2, 0.25) is 0 Å². The molecule has 2 rings (SSSR count). The Labute approximate surface area is 124 Å². The van der Waals surface area contributed by atoms with E-state index in [0.29, 0.717) is 37.2 Å². The number of ketones is 1. The minimum atomic E-state index is -0.0825. The van der Waals surface area contributed by atoms with E-state index in [2.05, 4.69) is 10.1 Å². The second kappa shape index (κ2) is 7.02. The Bertz CT molecular complexity index is 564. The van der Waals surface area contributed by atoms with Crippen molar-refractivity contribution in [2.24, 2.45) is 5.16 Å². The lowest BCUT2D eigenvalue weighted by Crippen LogP contribution is -2.23. The summed E-state index contributed by atoms with van der Waals surface area (Å²) in [6.45, 7) is 4.15. The highest BCUT2D eigenvalue weighted by Gasteiger charge is 2.31. The molecule has 0 amide bonds.